The summed E-state index contributed by atoms with van der Waals surface area (Å²) in [6, 6.07) is 12.1. The third-order valence-corrected chi connectivity index (χ3v) is 5.26. The van der Waals surface area contributed by atoms with Crippen molar-refractivity contribution in [2.24, 2.45) is 5.92 Å². The highest BCUT2D eigenvalue weighted by molar-refractivity contribution is 5.79. The van der Waals surface area contributed by atoms with Crippen LogP contribution in [0.1, 0.15) is 18.4 Å². The molecule has 0 bridgehead atoms. The second-order valence-corrected chi connectivity index (χ2v) is 7.37. The van der Waals surface area contributed by atoms with Crippen molar-refractivity contribution >= 4 is 23.1 Å². The maximum atomic E-state index is 12.6. The van der Waals surface area contributed by atoms with E-state index < -0.39 is 0 Å². The molecule has 3 heterocycles. The Morgan fingerprint density at radius 2 is 1.89 bits per heavy atom. The Morgan fingerprint density at radius 3 is 2.61 bits per heavy atom. The van der Waals surface area contributed by atoms with Gasteiger partial charge in [0.2, 0.25) is 5.91 Å². The van der Waals surface area contributed by atoms with Crippen molar-refractivity contribution < 1.29 is 4.79 Å². The van der Waals surface area contributed by atoms with Crippen molar-refractivity contribution in [2.75, 3.05) is 37.0 Å². The summed E-state index contributed by atoms with van der Waals surface area (Å²) < 4.78 is 1.68. The topological polar surface area (TPSA) is 78.7 Å². The van der Waals surface area contributed by atoms with E-state index in [4.69, 9.17) is 0 Å². The Balaban J connectivity index is 1.28. The molecule has 0 atom stereocenters. The van der Waals surface area contributed by atoms with Crippen molar-refractivity contribution in [3.63, 3.8) is 0 Å². The number of hydrogen-bond acceptors (Lipinski definition) is 6. The first kappa shape index (κ1) is 18.2. The highest BCUT2D eigenvalue weighted by atomic mass is 16.1. The summed E-state index contributed by atoms with van der Waals surface area (Å²) >= 11 is 0. The van der Waals surface area contributed by atoms with Crippen LogP contribution < -0.4 is 15.1 Å². The summed E-state index contributed by atoms with van der Waals surface area (Å²) in [5, 5.41) is 15.5. The molecule has 1 saturated heterocycles. The van der Waals surface area contributed by atoms with Crippen LogP contribution in [0.25, 0.3) is 5.65 Å². The van der Waals surface area contributed by atoms with Crippen LogP contribution in [0.4, 0.5) is 11.5 Å². The summed E-state index contributed by atoms with van der Waals surface area (Å²) in [6.45, 7) is 2.20. The monoisotopic (exact) mass is 379 g/mol. The summed E-state index contributed by atoms with van der Waals surface area (Å²) in [5.41, 5.74) is 3.00. The maximum Gasteiger partial charge on any atom is 0.223 e. The van der Waals surface area contributed by atoms with E-state index in [1.165, 1.54) is 0 Å². The third-order valence-electron chi connectivity index (χ3n) is 5.26. The molecule has 1 N–H and O–H groups in total. The van der Waals surface area contributed by atoms with E-state index in [2.05, 4.69) is 54.7 Å². The quantitative estimate of drug-likeness (QED) is 0.727. The van der Waals surface area contributed by atoms with Gasteiger partial charge in [-0.1, -0.05) is 12.1 Å². The number of anilines is 2. The van der Waals surface area contributed by atoms with E-state index in [-0.39, 0.29) is 11.8 Å². The lowest BCUT2D eigenvalue weighted by molar-refractivity contribution is -0.125. The number of fused-ring (bicyclic) bond motifs is 1. The molecule has 8 heteroatoms. The Kier molecular flexibility index (Phi) is 5.10. The van der Waals surface area contributed by atoms with Crippen molar-refractivity contribution in [1.29, 1.82) is 0 Å². The molecule has 0 radical (unpaired) electrons. The lowest BCUT2D eigenvalue weighted by atomic mass is 9.96. The fourth-order valence-corrected chi connectivity index (χ4v) is 3.50. The van der Waals surface area contributed by atoms with Gasteiger partial charge in [0.15, 0.2) is 5.65 Å². The maximum absolute atomic E-state index is 12.6. The Morgan fingerprint density at radius 1 is 1.14 bits per heavy atom. The largest absolute Gasteiger partial charge is 0.378 e. The molecule has 2 aromatic heterocycles. The molecule has 0 saturated carbocycles. The van der Waals surface area contributed by atoms with E-state index in [1.807, 2.05) is 26.2 Å². The SMILES string of the molecule is CN(C)c1ccc(CNC(=O)C2CCN(c3ccc4nncn4n3)CC2)cc1. The zero-order chi connectivity index (χ0) is 19.5. The number of rotatable bonds is 5. The van der Waals surface area contributed by atoms with Gasteiger partial charge in [-0.25, -0.2) is 0 Å². The van der Waals surface area contributed by atoms with Gasteiger partial charge in [-0.3, -0.25) is 4.79 Å². The number of carbonyl (C=O) groups excluding carboxylic acids is 1. The summed E-state index contributed by atoms with van der Waals surface area (Å²) in [4.78, 5) is 16.8. The summed E-state index contributed by atoms with van der Waals surface area (Å²) in [5.74, 6) is 1.08. The van der Waals surface area contributed by atoms with Gasteiger partial charge in [-0.15, -0.1) is 15.3 Å². The predicted octanol–water partition coefficient (Wildman–Crippen LogP) is 1.72. The van der Waals surface area contributed by atoms with E-state index in [0.717, 1.165) is 48.6 Å². The highest BCUT2D eigenvalue weighted by Crippen LogP contribution is 2.22. The highest BCUT2D eigenvalue weighted by Gasteiger charge is 2.25. The minimum absolute atomic E-state index is 0.0518. The molecule has 146 valence electrons. The number of nitrogens with zero attached hydrogens (tertiary/aromatic N) is 6. The van der Waals surface area contributed by atoms with Gasteiger partial charge >= 0.3 is 0 Å². The molecule has 4 rings (SSSR count). The fourth-order valence-electron chi connectivity index (χ4n) is 3.50. The van der Waals surface area contributed by atoms with E-state index in [9.17, 15) is 4.79 Å². The molecule has 1 fully saturated rings. The molecule has 1 amide bonds. The average molecular weight is 379 g/mol. The molecule has 28 heavy (non-hydrogen) atoms. The molecule has 1 aromatic carbocycles. The molecular formula is C20H25N7O. The third kappa shape index (κ3) is 3.90. The van der Waals surface area contributed by atoms with Crippen LogP contribution in [0.2, 0.25) is 0 Å². The molecule has 0 unspecified atom stereocenters. The lowest BCUT2D eigenvalue weighted by Gasteiger charge is -2.32. The molecule has 0 spiro atoms. The second-order valence-electron chi connectivity index (χ2n) is 7.37. The van der Waals surface area contributed by atoms with Gasteiger partial charge < -0.3 is 15.1 Å². The fraction of sp³-hybridized carbons (Fsp3) is 0.400. The lowest BCUT2D eigenvalue weighted by Crippen LogP contribution is -2.40. The zero-order valence-electron chi connectivity index (χ0n) is 16.2. The number of hydrogen-bond donors (Lipinski definition) is 1. The van der Waals surface area contributed by atoms with Gasteiger partial charge in [0.1, 0.15) is 12.1 Å². The molecule has 1 aliphatic heterocycles. The first-order valence-electron chi connectivity index (χ1n) is 9.56. The Labute approximate surface area is 164 Å². The van der Waals surface area contributed by atoms with Crippen LogP contribution in [-0.4, -0.2) is 52.9 Å². The van der Waals surface area contributed by atoms with Gasteiger partial charge in [0, 0.05) is 45.3 Å². The number of piperidine rings is 1. The van der Waals surface area contributed by atoms with Crippen LogP contribution in [0.5, 0.6) is 0 Å². The van der Waals surface area contributed by atoms with Crippen LogP contribution in [0.3, 0.4) is 0 Å². The molecule has 1 aliphatic rings. The van der Waals surface area contributed by atoms with Crippen LogP contribution in [-0.2, 0) is 11.3 Å². The van der Waals surface area contributed by atoms with E-state index in [1.54, 1.807) is 10.8 Å². The van der Waals surface area contributed by atoms with Crippen LogP contribution >= 0.6 is 0 Å². The number of aromatic nitrogens is 4. The molecular weight excluding hydrogens is 354 g/mol. The van der Waals surface area contributed by atoms with E-state index >= 15 is 0 Å². The Bertz CT molecular complexity index is 943. The van der Waals surface area contributed by atoms with Crippen molar-refractivity contribution in [3.8, 4) is 0 Å². The van der Waals surface area contributed by atoms with Gasteiger partial charge in [-0.05, 0) is 42.7 Å². The van der Waals surface area contributed by atoms with Crippen molar-refractivity contribution in [3.05, 3.63) is 48.3 Å². The average Bonchev–Trinajstić information content (AvgIpc) is 3.20. The predicted molar refractivity (Wildman–Crippen MR) is 108 cm³/mol. The first-order chi connectivity index (χ1) is 13.6. The summed E-state index contributed by atoms with van der Waals surface area (Å²) in [7, 11) is 4.03. The van der Waals surface area contributed by atoms with Crippen LogP contribution in [0, 0.1) is 5.92 Å². The molecule has 3 aromatic rings. The number of nitrogens with one attached hydrogen (secondary N) is 1. The molecule has 0 aliphatic carbocycles. The smallest absolute Gasteiger partial charge is 0.223 e. The normalized spacial score (nSPS) is 15.0. The van der Waals surface area contributed by atoms with Gasteiger partial charge in [0.25, 0.3) is 0 Å². The number of amides is 1. The van der Waals surface area contributed by atoms with Gasteiger partial charge in [-0.2, -0.15) is 4.52 Å². The van der Waals surface area contributed by atoms with E-state index in [0.29, 0.717) is 6.54 Å². The minimum Gasteiger partial charge on any atom is -0.378 e. The van der Waals surface area contributed by atoms with Crippen molar-refractivity contribution in [2.45, 2.75) is 19.4 Å². The minimum atomic E-state index is 0.0518. The summed E-state index contributed by atoms with van der Waals surface area (Å²) in [6.07, 6.45) is 3.25. The molecule has 8 nitrogen and oxygen atoms in total. The number of carbonyl (C=O) groups is 1. The first-order valence-corrected chi connectivity index (χ1v) is 9.56. The van der Waals surface area contributed by atoms with Gasteiger partial charge in [0.05, 0.1) is 0 Å². The van der Waals surface area contributed by atoms with Crippen molar-refractivity contribution in [1.82, 2.24) is 25.1 Å². The van der Waals surface area contributed by atoms with Crippen LogP contribution in [0.15, 0.2) is 42.7 Å². The second kappa shape index (κ2) is 7.84. The standard InChI is InChI=1S/C20H25N7O/c1-25(2)17-5-3-15(4-6-17)13-21-20(28)16-9-11-26(12-10-16)19-8-7-18-23-22-14-27(18)24-19/h3-8,14,16H,9-13H2,1-2H3,(H,21,28). The Hall–Kier alpha value is -3.16. The zero-order valence-corrected chi connectivity index (χ0v) is 16.2. The number of benzene rings is 1.